The molecule has 0 N–H and O–H groups in total. The van der Waals surface area contributed by atoms with Crippen LogP contribution >= 0.6 is 7.47 Å². The minimum absolute atomic E-state index is 0.157. The number of hydrogen-bond donors (Lipinski definition) is 0. The maximum absolute atomic E-state index is 12.5. The van der Waals surface area contributed by atoms with Crippen LogP contribution in [0.4, 0.5) is 0 Å². The normalized spacial score (nSPS) is 16.3. The van der Waals surface area contributed by atoms with Gasteiger partial charge in [0.1, 0.15) is 0 Å². The summed E-state index contributed by atoms with van der Waals surface area (Å²) in [7, 11) is -1.87. The largest absolute Gasteiger partial charge is 0.294 e. The van der Waals surface area contributed by atoms with Gasteiger partial charge in [0.05, 0.1) is 7.74 Å². The van der Waals surface area contributed by atoms with Gasteiger partial charge < -0.3 is 0 Å². The Kier molecular flexibility index (Phi) is 4.38. The Morgan fingerprint density at radius 2 is 1.27 bits per heavy atom. The van der Waals surface area contributed by atoms with Gasteiger partial charge in [-0.15, -0.1) is 0 Å². The SMILES string of the molecule is CC(C)(C)C(=O)P(C(C)(C)C)[Si](C)(C)C. The first kappa shape index (κ1) is 15.3. The summed E-state index contributed by atoms with van der Waals surface area (Å²) >= 11 is 0. The molecule has 15 heavy (non-hydrogen) atoms. The molecule has 0 fully saturated rings. The van der Waals surface area contributed by atoms with E-state index in [0.717, 1.165) is 0 Å². The minimum Gasteiger partial charge on any atom is -0.294 e. The Labute approximate surface area is 97.6 Å². The maximum Gasteiger partial charge on any atom is 0.156 e. The van der Waals surface area contributed by atoms with Gasteiger partial charge in [-0.05, 0) is 12.6 Å². The van der Waals surface area contributed by atoms with E-state index in [0.29, 0.717) is 5.52 Å². The molecule has 90 valence electrons. The summed E-state index contributed by atoms with van der Waals surface area (Å²) in [5.41, 5.74) is 0.323. The zero-order valence-corrected chi connectivity index (χ0v) is 13.7. The predicted molar refractivity (Wildman–Crippen MR) is 74.5 cm³/mol. The van der Waals surface area contributed by atoms with Crippen LogP contribution in [0.1, 0.15) is 41.5 Å². The van der Waals surface area contributed by atoms with E-state index in [1.54, 1.807) is 0 Å². The third-order valence-electron chi connectivity index (χ3n) is 2.19. The molecule has 0 amide bonds. The van der Waals surface area contributed by atoms with E-state index in [2.05, 4.69) is 61.2 Å². The summed E-state index contributed by atoms with van der Waals surface area (Å²) in [4.78, 5) is 12.5. The summed E-state index contributed by atoms with van der Waals surface area (Å²) in [6, 6.07) is 0. The van der Waals surface area contributed by atoms with Gasteiger partial charge in [-0.25, -0.2) is 0 Å². The second-order valence-electron chi connectivity index (χ2n) is 7.23. The van der Waals surface area contributed by atoms with Crippen molar-refractivity contribution in [3.63, 3.8) is 0 Å². The third-order valence-corrected chi connectivity index (χ3v) is 12.6. The molecule has 1 unspecified atom stereocenters. The molecular formula is C12H27OPSi. The molecule has 1 atom stereocenters. The first-order valence-electron chi connectivity index (χ1n) is 5.62. The average Bonchev–Trinajstić information content (AvgIpc) is 1.76. The lowest BCUT2D eigenvalue weighted by atomic mass is 9.99. The third kappa shape index (κ3) is 4.36. The Morgan fingerprint density at radius 1 is 0.933 bits per heavy atom. The van der Waals surface area contributed by atoms with Crippen LogP contribution < -0.4 is 0 Å². The maximum atomic E-state index is 12.5. The lowest BCUT2D eigenvalue weighted by Crippen LogP contribution is -2.37. The lowest BCUT2D eigenvalue weighted by molar-refractivity contribution is -0.117. The van der Waals surface area contributed by atoms with Crippen molar-refractivity contribution in [2.45, 2.75) is 66.3 Å². The van der Waals surface area contributed by atoms with Crippen molar-refractivity contribution < 1.29 is 4.79 Å². The van der Waals surface area contributed by atoms with E-state index >= 15 is 0 Å². The van der Waals surface area contributed by atoms with Crippen LogP contribution in [0, 0.1) is 5.41 Å². The molecule has 0 saturated heterocycles. The fraction of sp³-hybridized carbons (Fsp3) is 0.917. The molecule has 1 nitrogen and oxygen atoms in total. The van der Waals surface area contributed by atoms with Gasteiger partial charge >= 0.3 is 0 Å². The van der Waals surface area contributed by atoms with Crippen molar-refractivity contribution in [2.75, 3.05) is 0 Å². The summed E-state index contributed by atoms with van der Waals surface area (Å²) in [6.07, 6.45) is 0. The van der Waals surface area contributed by atoms with Crippen molar-refractivity contribution >= 4 is 20.7 Å². The summed E-state index contributed by atoms with van der Waals surface area (Å²) < 4.78 is 0. The second kappa shape index (κ2) is 4.29. The Hall–Kier alpha value is 0.317. The smallest absolute Gasteiger partial charge is 0.156 e. The van der Waals surface area contributed by atoms with Gasteiger partial charge in [0, 0.05) is 5.41 Å². The molecule has 0 aliphatic rings. The van der Waals surface area contributed by atoms with Crippen LogP contribution in [0.2, 0.25) is 19.6 Å². The van der Waals surface area contributed by atoms with Crippen molar-refractivity contribution in [1.29, 1.82) is 0 Å². The van der Waals surface area contributed by atoms with Crippen LogP contribution in [-0.4, -0.2) is 18.4 Å². The Morgan fingerprint density at radius 3 is 1.33 bits per heavy atom. The highest BCUT2D eigenvalue weighted by atomic mass is 31.4. The number of hydrogen-bond acceptors (Lipinski definition) is 1. The Bertz CT molecular complexity index is 226. The second-order valence-corrected chi connectivity index (χ2v) is 19.4. The van der Waals surface area contributed by atoms with Gasteiger partial charge in [-0.1, -0.05) is 61.2 Å². The molecule has 0 radical (unpaired) electrons. The highest BCUT2D eigenvalue weighted by Gasteiger charge is 2.44. The van der Waals surface area contributed by atoms with Crippen molar-refractivity contribution in [2.24, 2.45) is 5.41 Å². The topological polar surface area (TPSA) is 17.1 Å². The van der Waals surface area contributed by atoms with Gasteiger partial charge in [-0.3, -0.25) is 4.79 Å². The molecule has 0 spiro atoms. The fourth-order valence-corrected chi connectivity index (χ4v) is 14.7. The van der Waals surface area contributed by atoms with Crippen LogP contribution in [0.3, 0.4) is 0 Å². The summed E-state index contributed by atoms with van der Waals surface area (Å²) in [6.45, 7) is 19.8. The van der Waals surface area contributed by atoms with Crippen LogP contribution in [0.15, 0.2) is 0 Å². The first-order valence-corrected chi connectivity index (χ1v) is 11.3. The first-order chi connectivity index (χ1) is 6.28. The standard InChI is InChI=1S/C12H27OPSi/c1-11(2,3)10(13)14(12(4,5)6)15(7,8)9/h1-9H3. The molecule has 0 aliphatic carbocycles. The molecule has 0 bridgehead atoms. The predicted octanol–water partition coefficient (Wildman–Crippen LogP) is 4.67. The highest BCUT2D eigenvalue weighted by Crippen LogP contribution is 2.60. The molecule has 3 heteroatoms. The quantitative estimate of drug-likeness (QED) is 0.511. The number of rotatable bonds is 2. The van der Waals surface area contributed by atoms with E-state index in [1.165, 1.54) is 0 Å². The van der Waals surface area contributed by atoms with E-state index < -0.39 is 15.2 Å². The van der Waals surface area contributed by atoms with Crippen molar-refractivity contribution in [3.8, 4) is 0 Å². The monoisotopic (exact) mass is 246 g/mol. The average molecular weight is 246 g/mol. The summed E-state index contributed by atoms with van der Waals surface area (Å²) in [5, 5.41) is 0.157. The molecule has 0 aromatic carbocycles. The number of carbonyl (C=O) groups is 1. The van der Waals surface area contributed by atoms with Crippen LogP contribution in [0.5, 0.6) is 0 Å². The zero-order chi connectivity index (χ0) is 12.7. The number of carbonyl (C=O) groups excluding carboxylic acids is 1. The van der Waals surface area contributed by atoms with E-state index in [-0.39, 0.29) is 10.6 Å². The van der Waals surface area contributed by atoms with Crippen molar-refractivity contribution in [3.05, 3.63) is 0 Å². The van der Waals surface area contributed by atoms with Gasteiger partial charge in [0.15, 0.2) is 5.52 Å². The zero-order valence-electron chi connectivity index (χ0n) is 11.9. The van der Waals surface area contributed by atoms with Gasteiger partial charge in [0.25, 0.3) is 0 Å². The van der Waals surface area contributed by atoms with E-state index in [1.807, 2.05) is 0 Å². The molecule has 0 rings (SSSR count). The minimum atomic E-state index is -1.38. The fourth-order valence-electron chi connectivity index (χ4n) is 1.95. The molecule has 0 aromatic heterocycles. The summed E-state index contributed by atoms with van der Waals surface area (Å²) in [5.74, 6) is 0. The van der Waals surface area contributed by atoms with Gasteiger partial charge in [-0.2, -0.15) is 0 Å². The Balaban J connectivity index is 5.26. The molecule has 0 aliphatic heterocycles. The molecular weight excluding hydrogens is 219 g/mol. The molecule has 0 saturated carbocycles. The highest BCUT2D eigenvalue weighted by molar-refractivity contribution is 8.06. The van der Waals surface area contributed by atoms with E-state index in [9.17, 15) is 4.79 Å². The van der Waals surface area contributed by atoms with Crippen LogP contribution in [0.25, 0.3) is 0 Å². The van der Waals surface area contributed by atoms with Gasteiger partial charge in [0.2, 0.25) is 0 Å². The lowest BCUT2D eigenvalue weighted by Gasteiger charge is -2.42. The molecule has 0 aromatic rings. The van der Waals surface area contributed by atoms with Crippen LogP contribution in [-0.2, 0) is 4.79 Å². The van der Waals surface area contributed by atoms with E-state index in [4.69, 9.17) is 0 Å². The molecule has 0 heterocycles. The van der Waals surface area contributed by atoms with Crippen molar-refractivity contribution in [1.82, 2.24) is 0 Å².